The fraction of sp³-hybridized carbons (Fsp3) is 0.533. The Morgan fingerprint density at radius 3 is 2.95 bits per heavy atom. The second kappa shape index (κ2) is 7.84. The second-order valence-corrected chi connectivity index (χ2v) is 5.33. The van der Waals surface area contributed by atoms with E-state index in [2.05, 4.69) is 16.4 Å². The third kappa shape index (κ3) is 4.23. The fourth-order valence-corrected chi connectivity index (χ4v) is 2.67. The summed E-state index contributed by atoms with van der Waals surface area (Å²) < 4.78 is 11.0. The molecular weight excluding hydrogens is 381 g/mol. The monoisotopic (exact) mass is 403 g/mol. The first-order chi connectivity index (χ1) is 9.83. The number of fused-ring (bicyclic) bond motifs is 1. The Labute approximate surface area is 142 Å². The molecular formula is C15H22IN3O2. The van der Waals surface area contributed by atoms with E-state index in [1.807, 2.05) is 18.2 Å². The van der Waals surface area contributed by atoms with Crippen LogP contribution in [0.1, 0.15) is 24.4 Å². The van der Waals surface area contributed by atoms with Gasteiger partial charge in [0.1, 0.15) is 5.75 Å². The van der Waals surface area contributed by atoms with Crippen molar-refractivity contribution in [2.75, 3.05) is 26.4 Å². The third-order valence-electron chi connectivity index (χ3n) is 3.82. The fourth-order valence-electron chi connectivity index (χ4n) is 2.67. The number of nitrogens with one attached hydrogen (secondary N) is 1. The van der Waals surface area contributed by atoms with Gasteiger partial charge in [0.05, 0.1) is 19.3 Å². The quantitative estimate of drug-likeness (QED) is 0.461. The normalized spacial score (nSPS) is 24.7. The molecule has 21 heavy (non-hydrogen) atoms. The van der Waals surface area contributed by atoms with Crippen LogP contribution >= 0.6 is 24.0 Å². The molecule has 2 heterocycles. The van der Waals surface area contributed by atoms with Gasteiger partial charge in [-0.15, -0.1) is 24.0 Å². The molecule has 6 heteroatoms. The number of halogens is 1. The number of hydrogen-bond donors (Lipinski definition) is 2. The van der Waals surface area contributed by atoms with E-state index in [9.17, 15) is 0 Å². The number of benzene rings is 1. The van der Waals surface area contributed by atoms with Crippen LogP contribution in [0.3, 0.4) is 0 Å². The number of rotatable bonds is 3. The highest BCUT2D eigenvalue weighted by molar-refractivity contribution is 14.0. The van der Waals surface area contributed by atoms with Crippen LogP contribution in [0.4, 0.5) is 0 Å². The van der Waals surface area contributed by atoms with Crippen LogP contribution in [-0.4, -0.2) is 32.3 Å². The number of aliphatic imine (C=N–C) groups is 1. The highest BCUT2D eigenvalue weighted by Crippen LogP contribution is 2.31. The Balaban J connectivity index is 0.00000161. The van der Waals surface area contributed by atoms with Crippen molar-refractivity contribution in [3.8, 4) is 5.75 Å². The van der Waals surface area contributed by atoms with E-state index in [4.69, 9.17) is 15.2 Å². The maximum atomic E-state index is 6.00. The SMILES string of the molecule is I.NC(=NCC1CCOC1)NC1CCOc2ccccc21. The molecule has 0 aliphatic carbocycles. The van der Waals surface area contributed by atoms with E-state index in [-0.39, 0.29) is 30.0 Å². The summed E-state index contributed by atoms with van der Waals surface area (Å²) in [6, 6.07) is 8.25. The maximum absolute atomic E-state index is 6.00. The minimum Gasteiger partial charge on any atom is -0.493 e. The lowest BCUT2D eigenvalue weighted by Crippen LogP contribution is -2.37. The zero-order valence-electron chi connectivity index (χ0n) is 12.0. The van der Waals surface area contributed by atoms with Crippen LogP contribution in [0.25, 0.3) is 0 Å². The Bertz CT molecular complexity index is 490. The Morgan fingerprint density at radius 1 is 1.29 bits per heavy atom. The highest BCUT2D eigenvalue weighted by atomic mass is 127. The number of nitrogens with two attached hydrogens (primary N) is 1. The zero-order chi connectivity index (χ0) is 13.8. The average Bonchev–Trinajstić information content (AvgIpc) is 2.99. The predicted octanol–water partition coefficient (Wildman–Crippen LogP) is 2.07. The van der Waals surface area contributed by atoms with Crippen LogP contribution in [0.2, 0.25) is 0 Å². The molecule has 5 nitrogen and oxygen atoms in total. The minimum atomic E-state index is 0. The van der Waals surface area contributed by atoms with E-state index in [0.717, 1.165) is 43.9 Å². The van der Waals surface area contributed by atoms with Crippen molar-refractivity contribution in [3.05, 3.63) is 29.8 Å². The molecule has 0 amide bonds. The van der Waals surface area contributed by atoms with Crippen molar-refractivity contribution in [1.82, 2.24) is 5.32 Å². The van der Waals surface area contributed by atoms with Crippen LogP contribution in [0.5, 0.6) is 5.75 Å². The summed E-state index contributed by atoms with van der Waals surface area (Å²) in [6.07, 6.45) is 1.98. The molecule has 0 radical (unpaired) electrons. The van der Waals surface area contributed by atoms with Gasteiger partial charge in [0.2, 0.25) is 0 Å². The molecule has 1 saturated heterocycles. The largest absolute Gasteiger partial charge is 0.493 e. The first-order valence-corrected chi connectivity index (χ1v) is 7.19. The molecule has 1 fully saturated rings. The molecule has 3 N–H and O–H groups in total. The molecule has 2 unspecified atom stereocenters. The van der Waals surface area contributed by atoms with E-state index in [0.29, 0.717) is 18.5 Å². The van der Waals surface area contributed by atoms with E-state index in [1.165, 1.54) is 0 Å². The van der Waals surface area contributed by atoms with Gasteiger partial charge < -0.3 is 20.5 Å². The summed E-state index contributed by atoms with van der Waals surface area (Å²) in [5.41, 5.74) is 7.15. The Hall–Kier alpha value is -1.02. The first-order valence-electron chi connectivity index (χ1n) is 7.19. The number of guanidine groups is 1. The van der Waals surface area contributed by atoms with Gasteiger partial charge in [-0.1, -0.05) is 18.2 Å². The molecule has 116 valence electrons. The van der Waals surface area contributed by atoms with Gasteiger partial charge in [-0.2, -0.15) is 0 Å². The smallest absolute Gasteiger partial charge is 0.189 e. The molecule has 0 bridgehead atoms. The van der Waals surface area contributed by atoms with E-state index >= 15 is 0 Å². The van der Waals surface area contributed by atoms with Crippen LogP contribution < -0.4 is 15.8 Å². The Kier molecular flexibility index (Phi) is 6.10. The summed E-state index contributed by atoms with van der Waals surface area (Å²) in [7, 11) is 0. The van der Waals surface area contributed by atoms with Gasteiger partial charge in [0.25, 0.3) is 0 Å². The van der Waals surface area contributed by atoms with Gasteiger partial charge >= 0.3 is 0 Å². The average molecular weight is 403 g/mol. The molecule has 1 aromatic carbocycles. The molecule has 3 rings (SSSR count). The molecule has 0 aromatic heterocycles. The second-order valence-electron chi connectivity index (χ2n) is 5.33. The molecule has 0 saturated carbocycles. The summed E-state index contributed by atoms with van der Waals surface area (Å²) >= 11 is 0. The summed E-state index contributed by atoms with van der Waals surface area (Å²) in [6.45, 7) is 3.10. The van der Waals surface area contributed by atoms with Gasteiger partial charge in [-0.25, -0.2) is 0 Å². The lowest BCUT2D eigenvalue weighted by atomic mass is 10.0. The van der Waals surface area contributed by atoms with Crippen molar-refractivity contribution in [1.29, 1.82) is 0 Å². The molecule has 2 aliphatic rings. The number of para-hydroxylation sites is 1. The number of ether oxygens (including phenoxy) is 2. The van der Waals surface area contributed by atoms with Crippen molar-refractivity contribution < 1.29 is 9.47 Å². The van der Waals surface area contributed by atoms with Gasteiger partial charge in [-0.05, 0) is 12.5 Å². The first kappa shape index (κ1) is 16.4. The molecule has 0 spiro atoms. The van der Waals surface area contributed by atoms with Crippen LogP contribution in [0.15, 0.2) is 29.3 Å². The van der Waals surface area contributed by atoms with Crippen molar-refractivity contribution in [2.45, 2.75) is 18.9 Å². The number of hydrogen-bond acceptors (Lipinski definition) is 3. The standard InChI is InChI=1S/C15H21N3O2.HI/c16-15(17-9-11-5-7-19-10-11)18-13-6-8-20-14-4-2-1-3-12(13)14;/h1-4,11,13H,5-10H2,(H3,16,17,18);1H. The van der Waals surface area contributed by atoms with Crippen LogP contribution in [-0.2, 0) is 4.74 Å². The van der Waals surface area contributed by atoms with Crippen molar-refractivity contribution in [3.63, 3.8) is 0 Å². The lowest BCUT2D eigenvalue weighted by Gasteiger charge is -2.27. The summed E-state index contributed by atoms with van der Waals surface area (Å²) in [5.74, 6) is 1.96. The Morgan fingerprint density at radius 2 is 2.14 bits per heavy atom. The highest BCUT2D eigenvalue weighted by Gasteiger charge is 2.21. The molecule has 2 aliphatic heterocycles. The predicted molar refractivity (Wildman–Crippen MR) is 93.3 cm³/mol. The van der Waals surface area contributed by atoms with E-state index < -0.39 is 0 Å². The molecule has 1 aromatic rings. The lowest BCUT2D eigenvalue weighted by molar-refractivity contribution is 0.187. The van der Waals surface area contributed by atoms with Crippen molar-refractivity contribution in [2.24, 2.45) is 16.6 Å². The minimum absolute atomic E-state index is 0. The summed E-state index contributed by atoms with van der Waals surface area (Å²) in [4.78, 5) is 4.44. The maximum Gasteiger partial charge on any atom is 0.189 e. The number of nitrogens with zero attached hydrogens (tertiary/aromatic N) is 1. The topological polar surface area (TPSA) is 68.9 Å². The third-order valence-corrected chi connectivity index (χ3v) is 3.82. The van der Waals surface area contributed by atoms with Gasteiger partial charge in [0, 0.05) is 31.1 Å². The van der Waals surface area contributed by atoms with Crippen LogP contribution in [0, 0.1) is 5.92 Å². The molecule has 2 atom stereocenters. The van der Waals surface area contributed by atoms with Gasteiger partial charge in [-0.3, -0.25) is 4.99 Å². The van der Waals surface area contributed by atoms with Crippen molar-refractivity contribution >= 4 is 29.9 Å². The van der Waals surface area contributed by atoms with Gasteiger partial charge in [0.15, 0.2) is 5.96 Å². The zero-order valence-corrected chi connectivity index (χ0v) is 14.3. The summed E-state index contributed by atoms with van der Waals surface area (Å²) in [5, 5.41) is 3.31. The van der Waals surface area contributed by atoms with E-state index in [1.54, 1.807) is 0 Å².